The van der Waals surface area contributed by atoms with E-state index in [1.165, 1.54) is 13.2 Å². The van der Waals surface area contributed by atoms with Gasteiger partial charge in [-0.3, -0.25) is 0 Å². The van der Waals surface area contributed by atoms with E-state index in [2.05, 4.69) is 5.32 Å². The second kappa shape index (κ2) is 4.70. The summed E-state index contributed by atoms with van der Waals surface area (Å²) in [7, 11) is 0. The highest BCUT2D eigenvalue weighted by molar-refractivity contribution is 5.03. The topological polar surface area (TPSA) is 25.2 Å². The van der Waals surface area contributed by atoms with Crippen molar-refractivity contribution in [2.75, 3.05) is 0 Å². The van der Waals surface area contributed by atoms with Crippen LogP contribution < -0.4 is 5.32 Å². The van der Waals surface area contributed by atoms with Crippen LogP contribution in [0.5, 0.6) is 0 Å². The minimum atomic E-state index is -4.13. The number of hydrogen-bond donors (Lipinski definition) is 1. The van der Waals surface area contributed by atoms with E-state index in [-0.39, 0.29) is 6.04 Å². The fourth-order valence-electron chi connectivity index (χ4n) is 1.45. The van der Waals surface area contributed by atoms with E-state index in [9.17, 15) is 13.2 Å². The molecule has 86 valence electrons. The molecule has 1 aromatic heterocycles. The fourth-order valence-corrected chi connectivity index (χ4v) is 1.45. The van der Waals surface area contributed by atoms with E-state index >= 15 is 0 Å². The summed E-state index contributed by atoms with van der Waals surface area (Å²) in [5.74, 6) is 0.643. The molecular weight excluding hydrogens is 207 g/mol. The molecule has 0 spiro atoms. The van der Waals surface area contributed by atoms with Crippen LogP contribution in [-0.4, -0.2) is 12.2 Å². The first-order chi connectivity index (χ1) is 6.88. The van der Waals surface area contributed by atoms with E-state index in [1.54, 1.807) is 19.1 Å². The SMILES string of the molecule is CC(CC(F)(F)F)NC(C)c1ccco1. The number of nitrogens with one attached hydrogen (secondary N) is 1. The highest BCUT2D eigenvalue weighted by Crippen LogP contribution is 2.23. The van der Waals surface area contributed by atoms with Crippen molar-refractivity contribution in [2.45, 2.75) is 38.5 Å². The smallest absolute Gasteiger partial charge is 0.390 e. The quantitative estimate of drug-likeness (QED) is 0.844. The van der Waals surface area contributed by atoms with Crippen molar-refractivity contribution in [1.29, 1.82) is 0 Å². The molecule has 1 rings (SSSR count). The van der Waals surface area contributed by atoms with Gasteiger partial charge in [0.05, 0.1) is 18.7 Å². The lowest BCUT2D eigenvalue weighted by Crippen LogP contribution is -2.32. The van der Waals surface area contributed by atoms with Gasteiger partial charge in [-0.1, -0.05) is 0 Å². The molecule has 1 N–H and O–H groups in total. The minimum Gasteiger partial charge on any atom is -0.468 e. The molecule has 0 saturated carbocycles. The van der Waals surface area contributed by atoms with Gasteiger partial charge in [-0.2, -0.15) is 13.2 Å². The molecule has 0 saturated heterocycles. The highest BCUT2D eigenvalue weighted by Gasteiger charge is 2.30. The van der Waals surface area contributed by atoms with Crippen LogP contribution in [0.2, 0.25) is 0 Å². The molecule has 0 aliphatic carbocycles. The molecule has 15 heavy (non-hydrogen) atoms. The lowest BCUT2D eigenvalue weighted by molar-refractivity contribution is -0.139. The van der Waals surface area contributed by atoms with Crippen LogP contribution in [0.1, 0.15) is 32.1 Å². The van der Waals surface area contributed by atoms with Crippen molar-refractivity contribution in [3.8, 4) is 0 Å². The second-order valence-electron chi connectivity index (χ2n) is 3.62. The van der Waals surface area contributed by atoms with Crippen molar-refractivity contribution >= 4 is 0 Å². The molecule has 1 aromatic rings. The number of furan rings is 1. The zero-order chi connectivity index (χ0) is 11.5. The van der Waals surface area contributed by atoms with Gasteiger partial charge in [-0.15, -0.1) is 0 Å². The van der Waals surface area contributed by atoms with Crippen molar-refractivity contribution in [3.63, 3.8) is 0 Å². The van der Waals surface area contributed by atoms with Gasteiger partial charge in [0.25, 0.3) is 0 Å². The van der Waals surface area contributed by atoms with Crippen molar-refractivity contribution in [1.82, 2.24) is 5.32 Å². The Balaban J connectivity index is 2.42. The van der Waals surface area contributed by atoms with E-state index in [1.807, 2.05) is 0 Å². The predicted molar refractivity (Wildman–Crippen MR) is 50.4 cm³/mol. The molecule has 2 unspecified atom stereocenters. The summed E-state index contributed by atoms with van der Waals surface area (Å²) in [4.78, 5) is 0. The molecule has 0 aliphatic rings. The number of hydrogen-bond acceptors (Lipinski definition) is 2. The standard InChI is InChI=1S/C10H14F3NO/c1-7(6-10(11,12)13)14-8(2)9-4-3-5-15-9/h3-5,7-8,14H,6H2,1-2H3. The average Bonchev–Trinajstić information content (AvgIpc) is 2.50. The molecule has 0 aliphatic heterocycles. The van der Waals surface area contributed by atoms with E-state index in [0.29, 0.717) is 5.76 Å². The summed E-state index contributed by atoms with van der Waals surface area (Å²) in [5, 5.41) is 2.83. The molecule has 0 aromatic carbocycles. The molecule has 5 heteroatoms. The maximum Gasteiger partial charge on any atom is 0.390 e. The zero-order valence-electron chi connectivity index (χ0n) is 8.64. The van der Waals surface area contributed by atoms with Crippen molar-refractivity contribution in [2.24, 2.45) is 0 Å². The first-order valence-corrected chi connectivity index (χ1v) is 4.74. The molecule has 0 radical (unpaired) electrons. The largest absolute Gasteiger partial charge is 0.468 e. The Morgan fingerprint density at radius 1 is 1.40 bits per heavy atom. The van der Waals surface area contributed by atoms with Gasteiger partial charge < -0.3 is 9.73 Å². The molecule has 2 nitrogen and oxygen atoms in total. The van der Waals surface area contributed by atoms with Crippen molar-refractivity contribution < 1.29 is 17.6 Å². The third kappa shape index (κ3) is 4.38. The summed E-state index contributed by atoms with van der Waals surface area (Å²) in [5.41, 5.74) is 0. The molecule has 1 heterocycles. The lowest BCUT2D eigenvalue weighted by atomic mass is 10.2. The van der Waals surface area contributed by atoms with E-state index < -0.39 is 18.6 Å². The summed E-state index contributed by atoms with van der Waals surface area (Å²) in [6.45, 7) is 3.28. The molecular formula is C10H14F3NO. The van der Waals surface area contributed by atoms with Crippen LogP contribution in [0.4, 0.5) is 13.2 Å². The van der Waals surface area contributed by atoms with E-state index in [4.69, 9.17) is 4.42 Å². The Morgan fingerprint density at radius 2 is 2.07 bits per heavy atom. The number of halogens is 3. The number of alkyl halides is 3. The maximum atomic E-state index is 12.0. The lowest BCUT2D eigenvalue weighted by Gasteiger charge is -2.19. The van der Waals surface area contributed by atoms with Gasteiger partial charge >= 0.3 is 6.18 Å². The monoisotopic (exact) mass is 221 g/mol. The first kappa shape index (κ1) is 12.1. The average molecular weight is 221 g/mol. The van der Waals surface area contributed by atoms with Gasteiger partial charge in [-0.05, 0) is 26.0 Å². The second-order valence-corrected chi connectivity index (χ2v) is 3.62. The molecule has 0 bridgehead atoms. The Kier molecular flexibility index (Phi) is 3.79. The first-order valence-electron chi connectivity index (χ1n) is 4.74. The summed E-state index contributed by atoms with van der Waals surface area (Å²) >= 11 is 0. The van der Waals surface area contributed by atoms with Crippen LogP contribution in [0.15, 0.2) is 22.8 Å². The zero-order valence-corrected chi connectivity index (χ0v) is 8.64. The van der Waals surface area contributed by atoms with Gasteiger partial charge in [0.15, 0.2) is 0 Å². The van der Waals surface area contributed by atoms with Crippen LogP contribution in [-0.2, 0) is 0 Å². The van der Waals surface area contributed by atoms with Gasteiger partial charge in [-0.25, -0.2) is 0 Å². The van der Waals surface area contributed by atoms with Crippen LogP contribution in [0.3, 0.4) is 0 Å². The third-order valence-corrected chi connectivity index (χ3v) is 2.04. The Morgan fingerprint density at radius 3 is 2.53 bits per heavy atom. The van der Waals surface area contributed by atoms with Crippen LogP contribution in [0, 0.1) is 0 Å². The summed E-state index contributed by atoms with van der Waals surface area (Å²) < 4.78 is 41.2. The van der Waals surface area contributed by atoms with E-state index in [0.717, 1.165) is 0 Å². The minimum absolute atomic E-state index is 0.211. The van der Waals surface area contributed by atoms with Gasteiger partial charge in [0.1, 0.15) is 5.76 Å². The highest BCUT2D eigenvalue weighted by atomic mass is 19.4. The third-order valence-electron chi connectivity index (χ3n) is 2.04. The summed E-state index contributed by atoms with van der Waals surface area (Å²) in [6.07, 6.45) is -3.46. The Bertz CT molecular complexity index is 281. The maximum absolute atomic E-state index is 12.0. The van der Waals surface area contributed by atoms with Gasteiger partial charge in [0.2, 0.25) is 0 Å². The summed E-state index contributed by atoms with van der Waals surface area (Å²) in [6, 6.07) is 2.61. The van der Waals surface area contributed by atoms with Gasteiger partial charge in [0, 0.05) is 6.04 Å². The number of rotatable bonds is 4. The molecule has 0 amide bonds. The molecule has 0 fully saturated rings. The molecule has 2 atom stereocenters. The normalized spacial score (nSPS) is 16.3. The predicted octanol–water partition coefficient (Wildman–Crippen LogP) is 3.27. The van der Waals surface area contributed by atoms with Crippen molar-refractivity contribution in [3.05, 3.63) is 24.2 Å². The van der Waals surface area contributed by atoms with Crippen LogP contribution in [0.25, 0.3) is 0 Å². The Labute approximate surface area is 86.5 Å². The van der Waals surface area contributed by atoms with Crippen LogP contribution >= 0.6 is 0 Å². The Hall–Kier alpha value is -0.970. The fraction of sp³-hybridized carbons (Fsp3) is 0.600.